The Morgan fingerprint density at radius 3 is 2.10 bits per heavy atom. The lowest BCUT2D eigenvalue weighted by molar-refractivity contribution is -0.0184. The third-order valence-corrected chi connectivity index (χ3v) is 5.67. The van der Waals surface area contributed by atoms with Gasteiger partial charge in [0.15, 0.2) is 8.32 Å². The average molecular weight is 290 g/mol. The Morgan fingerprint density at radius 2 is 1.65 bits per heavy atom. The van der Waals surface area contributed by atoms with Gasteiger partial charge in [-0.05, 0) is 45.0 Å². The zero-order valence-corrected chi connectivity index (χ0v) is 14.1. The van der Waals surface area contributed by atoms with Crippen LogP contribution < -0.4 is 0 Å². The highest BCUT2D eigenvalue weighted by Gasteiger charge is 2.69. The van der Waals surface area contributed by atoms with E-state index in [0.717, 1.165) is 12.8 Å². The molecule has 2 aliphatic rings. The number of hydrogen-bond acceptors (Lipinski definition) is 2. The summed E-state index contributed by atoms with van der Waals surface area (Å²) in [6.45, 7) is 9.07. The largest absolute Gasteiger partial charge is 0.409 e. The summed E-state index contributed by atoms with van der Waals surface area (Å²) in [7, 11) is -1.61. The lowest BCUT2D eigenvalue weighted by atomic mass is 9.78. The van der Waals surface area contributed by atoms with Gasteiger partial charge in [-0.2, -0.15) is 0 Å². The molecule has 0 unspecified atom stereocenters. The van der Waals surface area contributed by atoms with Crippen LogP contribution in [0.15, 0.2) is 30.3 Å². The van der Waals surface area contributed by atoms with Crippen LogP contribution in [0.4, 0.5) is 0 Å². The summed E-state index contributed by atoms with van der Waals surface area (Å²) < 4.78 is 13.0. The fourth-order valence-corrected chi connectivity index (χ4v) is 5.58. The Hall–Kier alpha value is -0.643. The summed E-state index contributed by atoms with van der Waals surface area (Å²) in [5.74, 6) is 0. The van der Waals surface area contributed by atoms with Crippen LogP contribution in [0.1, 0.15) is 38.2 Å². The quantitative estimate of drug-likeness (QED) is 0.603. The molecule has 0 aromatic heterocycles. The summed E-state index contributed by atoms with van der Waals surface area (Å²) >= 11 is 0. The molecule has 2 atom stereocenters. The van der Waals surface area contributed by atoms with Crippen LogP contribution in [0.2, 0.25) is 19.6 Å². The first kappa shape index (κ1) is 14.3. The van der Waals surface area contributed by atoms with Crippen LogP contribution in [0.5, 0.6) is 0 Å². The molecule has 3 heteroatoms. The van der Waals surface area contributed by atoms with Crippen LogP contribution in [-0.4, -0.2) is 20.0 Å². The molecule has 0 spiro atoms. The van der Waals surface area contributed by atoms with Gasteiger partial charge in [0, 0.05) is 0 Å². The Bertz CT molecular complexity index is 474. The van der Waals surface area contributed by atoms with Gasteiger partial charge < -0.3 is 9.16 Å². The highest BCUT2D eigenvalue weighted by Crippen LogP contribution is 2.61. The zero-order chi connectivity index (χ0) is 14.4. The van der Waals surface area contributed by atoms with Gasteiger partial charge in [0.1, 0.15) is 5.60 Å². The molecular formula is C17H26O2Si. The topological polar surface area (TPSA) is 21.8 Å². The fraction of sp³-hybridized carbons (Fsp3) is 0.647. The Morgan fingerprint density at radius 1 is 1.10 bits per heavy atom. The minimum absolute atomic E-state index is 0.0990. The Balaban J connectivity index is 2.02. The van der Waals surface area contributed by atoms with E-state index in [0.29, 0.717) is 0 Å². The molecule has 3 rings (SSSR count). The van der Waals surface area contributed by atoms with E-state index >= 15 is 0 Å². The summed E-state index contributed by atoms with van der Waals surface area (Å²) in [6, 6.07) is 10.7. The van der Waals surface area contributed by atoms with E-state index in [2.05, 4.69) is 56.9 Å². The first-order valence-electron chi connectivity index (χ1n) is 7.83. The Kier molecular flexibility index (Phi) is 3.35. The minimum Gasteiger partial charge on any atom is -0.409 e. The van der Waals surface area contributed by atoms with Crippen LogP contribution in [0, 0.1) is 0 Å². The molecule has 110 valence electrons. The number of ether oxygens (including phenoxy) is 1. The maximum absolute atomic E-state index is 6.75. The second kappa shape index (κ2) is 4.69. The summed E-state index contributed by atoms with van der Waals surface area (Å²) in [5, 5.41) is 0. The number of epoxide rings is 1. The number of benzene rings is 1. The predicted octanol–water partition coefficient (Wildman–Crippen LogP) is 4.46. The van der Waals surface area contributed by atoms with Crippen LogP contribution in [0.25, 0.3) is 0 Å². The molecule has 0 N–H and O–H groups in total. The third kappa shape index (κ3) is 2.16. The highest BCUT2D eigenvalue weighted by molar-refractivity contribution is 6.69. The lowest BCUT2D eigenvalue weighted by Gasteiger charge is -2.41. The molecule has 2 nitrogen and oxygen atoms in total. The van der Waals surface area contributed by atoms with E-state index in [4.69, 9.17) is 9.16 Å². The van der Waals surface area contributed by atoms with Crippen molar-refractivity contribution in [1.29, 1.82) is 0 Å². The molecule has 1 aliphatic heterocycles. The van der Waals surface area contributed by atoms with E-state index in [1.54, 1.807) is 0 Å². The van der Waals surface area contributed by atoms with Crippen molar-refractivity contribution >= 4 is 8.32 Å². The summed E-state index contributed by atoms with van der Waals surface area (Å²) in [4.78, 5) is 0. The molecule has 0 amide bonds. The number of hydrogen-bond donors (Lipinski definition) is 0. The maximum Gasteiger partial charge on any atom is 0.184 e. The van der Waals surface area contributed by atoms with Crippen LogP contribution in [-0.2, 0) is 14.8 Å². The second-order valence-electron chi connectivity index (χ2n) is 7.28. The molecule has 1 heterocycles. The number of rotatable bonds is 4. The summed E-state index contributed by atoms with van der Waals surface area (Å²) in [5.41, 5.74) is 0.996. The van der Waals surface area contributed by atoms with Gasteiger partial charge >= 0.3 is 0 Å². The van der Waals surface area contributed by atoms with Crippen molar-refractivity contribution < 1.29 is 9.16 Å². The minimum atomic E-state index is -1.61. The molecule has 1 saturated heterocycles. The highest BCUT2D eigenvalue weighted by atomic mass is 28.4. The van der Waals surface area contributed by atoms with E-state index in [9.17, 15) is 0 Å². The van der Waals surface area contributed by atoms with Gasteiger partial charge in [-0.3, -0.25) is 0 Å². The predicted molar refractivity (Wildman–Crippen MR) is 84.3 cm³/mol. The molecule has 0 bridgehead atoms. The van der Waals surface area contributed by atoms with Crippen molar-refractivity contribution in [2.45, 2.75) is 69.6 Å². The van der Waals surface area contributed by atoms with E-state index in [-0.39, 0.29) is 17.3 Å². The van der Waals surface area contributed by atoms with Crippen molar-refractivity contribution in [2.75, 3.05) is 0 Å². The molecule has 2 fully saturated rings. The van der Waals surface area contributed by atoms with Crippen molar-refractivity contribution in [1.82, 2.24) is 0 Å². The SMILES string of the molecule is C[C@@H]1O[C@]1(c1ccccc1)C1(O[Si](C)(C)C)CCCC1. The smallest absolute Gasteiger partial charge is 0.184 e. The first-order chi connectivity index (χ1) is 9.40. The standard InChI is InChI=1S/C17H26O2Si/c1-14-17(18-14,15-10-6-5-7-11-15)16(12-8-9-13-16)19-20(2,3)4/h5-7,10-11,14H,8-9,12-13H2,1-4H3/t14-,17+/m0/s1. The van der Waals surface area contributed by atoms with E-state index in [1.165, 1.54) is 18.4 Å². The maximum atomic E-state index is 6.75. The zero-order valence-electron chi connectivity index (χ0n) is 13.1. The third-order valence-electron chi connectivity index (χ3n) is 4.67. The van der Waals surface area contributed by atoms with Gasteiger partial charge in [0.25, 0.3) is 0 Å². The summed E-state index contributed by atoms with van der Waals surface area (Å²) in [6.07, 6.45) is 5.05. The van der Waals surface area contributed by atoms with Gasteiger partial charge in [0.2, 0.25) is 0 Å². The van der Waals surface area contributed by atoms with Crippen LogP contribution >= 0.6 is 0 Å². The van der Waals surface area contributed by atoms with E-state index in [1.807, 2.05) is 0 Å². The normalized spacial score (nSPS) is 32.3. The fourth-order valence-electron chi connectivity index (χ4n) is 4.06. The molecule has 1 saturated carbocycles. The van der Waals surface area contributed by atoms with Crippen molar-refractivity contribution in [3.8, 4) is 0 Å². The van der Waals surface area contributed by atoms with E-state index < -0.39 is 8.32 Å². The Labute approximate surface area is 123 Å². The van der Waals surface area contributed by atoms with Crippen LogP contribution in [0.3, 0.4) is 0 Å². The van der Waals surface area contributed by atoms with Gasteiger partial charge in [-0.1, -0.05) is 43.2 Å². The van der Waals surface area contributed by atoms with Gasteiger partial charge in [-0.15, -0.1) is 0 Å². The molecule has 20 heavy (non-hydrogen) atoms. The first-order valence-corrected chi connectivity index (χ1v) is 11.2. The molecule has 1 aromatic rings. The van der Waals surface area contributed by atoms with Crippen molar-refractivity contribution in [3.05, 3.63) is 35.9 Å². The monoisotopic (exact) mass is 290 g/mol. The molecule has 0 radical (unpaired) electrons. The molecule has 1 aliphatic carbocycles. The molecular weight excluding hydrogens is 264 g/mol. The lowest BCUT2D eigenvalue weighted by Crippen LogP contribution is -2.51. The van der Waals surface area contributed by atoms with Gasteiger partial charge in [0.05, 0.1) is 11.7 Å². The second-order valence-corrected chi connectivity index (χ2v) is 11.7. The average Bonchev–Trinajstić information content (AvgIpc) is 2.86. The molecule has 1 aromatic carbocycles. The van der Waals surface area contributed by atoms with Crippen molar-refractivity contribution in [2.24, 2.45) is 0 Å². The van der Waals surface area contributed by atoms with Crippen molar-refractivity contribution in [3.63, 3.8) is 0 Å². The van der Waals surface area contributed by atoms with Gasteiger partial charge in [-0.25, -0.2) is 0 Å².